The van der Waals surface area contributed by atoms with Gasteiger partial charge in [0, 0.05) is 5.75 Å². The molecule has 7 heteroatoms. The summed E-state index contributed by atoms with van der Waals surface area (Å²) in [5.41, 5.74) is 5.39. The maximum atomic E-state index is 11.2. The summed E-state index contributed by atoms with van der Waals surface area (Å²) in [7, 11) is -2.95. The Morgan fingerprint density at radius 3 is 2.86 bits per heavy atom. The van der Waals surface area contributed by atoms with Gasteiger partial charge in [-0.15, -0.1) is 0 Å². The van der Waals surface area contributed by atoms with Gasteiger partial charge in [-0.05, 0) is 0 Å². The molecule has 0 aliphatic carbocycles. The van der Waals surface area contributed by atoms with E-state index in [0.717, 1.165) is 0 Å². The number of sulfone groups is 1. The summed E-state index contributed by atoms with van der Waals surface area (Å²) in [6.45, 7) is 2.22. The predicted molar refractivity (Wildman–Crippen MR) is 52.2 cm³/mol. The molecule has 0 fully saturated rings. The lowest BCUT2D eigenvalue weighted by atomic mass is 10.6. The lowest BCUT2D eigenvalue weighted by Crippen LogP contribution is -2.18. The summed E-state index contributed by atoms with van der Waals surface area (Å²) in [6, 6.07) is 0. The number of hydrogen-bond donors (Lipinski definition) is 1. The zero-order valence-electron chi connectivity index (χ0n) is 8.05. The molecule has 0 aliphatic rings. The second-order valence-corrected chi connectivity index (χ2v) is 5.31. The molecule has 0 aromatic carbocycles. The fraction of sp³-hybridized carbons (Fsp3) is 0.714. The molecule has 0 spiro atoms. The molecule has 0 atom stereocenters. The minimum absolute atomic E-state index is 0.0832. The SMILES string of the molecule is CCS(=O)(=O)CCn1ncnc1CN. The number of rotatable bonds is 5. The molecule has 1 aromatic rings. The summed E-state index contributed by atoms with van der Waals surface area (Å²) in [4.78, 5) is 3.89. The third-order valence-electron chi connectivity index (χ3n) is 1.93. The first-order chi connectivity index (χ1) is 6.59. The Kier molecular flexibility index (Phi) is 3.59. The summed E-state index contributed by atoms with van der Waals surface area (Å²) < 4.78 is 23.9. The van der Waals surface area contributed by atoms with Crippen LogP contribution in [0.4, 0.5) is 0 Å². The summed E-state index contributed by atoms with van der Waals surface area (Å²) in [5.74, 6) is 0.843. The van der Waals surface area contributed by atoms with Gasteiger partial charge in [-0.2, -0.15) is 5.10 Å². The predicted octanol–water partition coefficient (Wildman–Crippen LogP) is -0.828. The molecular weight excluding hydrogens is 204 g/mol. The number of aryl methyl sites for hydroxylation is 1. The normalized spacial score (nSPS) is 11.9. The van der Waals surface area contributed by atoms with Crippen LogP contribution in [0.1, 0.15) is 12.7 Å². The molecule has 1 heterocycles. The highest BCUT2D eigenvalue weighted by Crippen LogP contribution is 1.96. The number of nitrogens with two attached hydrogens (primary N) is 1. The average molecular weight is 218 g/mol. The van der Waals surface area contributed by atoms with E-state index in [9.17, 15) is 8.42 Å². The first-order valence-corrected chi connectivity index (χ1v) is 6.18. The molecule has 0 amide bonds. The Balaban J connectivity index is 2.62. The van der Waals surface area contributed by atoms with Crippen LogP contribution < -0.4 is 5.73 Å². The van der Waals surface area contributed by atoms with E-state index in [2.05, 4.69) is 10.1 Å². The zero-order valence-corrected chi connectivity index (χ0v) is 8.87. The van der Waals surface area contributed by atoms with Gasteiger partial charge in [0.2, 0.25) is 0 Å². The molecule has 6 nitrogen and oxygen atoms in total. The van der Waals surface area contributed by atoms with Crippen LogP contribution in [0.15, 0.2) is 6.33 Å². The molecule has 14 heavy (non-hydrogen) atoms. The smallest absolute Gasteiger partial charge is 0.151 e. The van der Waals surface area contributed by atoms with Gasteiger partial charge >= 0.3 is 0 Å². The van der Waals surface area contributed by atoms with Crippen molar-refractivity contribution in [2.45, 2.75) is 20.0 Å². The maximum absolute atomic E-state index is 11.2. The fourth-order valence-corrected chi connectivity index (χ4v) is 1.74. The fourth-order valence-electron chi connectivity index (χ4n) is 1.00. The molecular formula is C7H14N4O2S. The largest absolute Gasteiger partial charge is 0.324 e. The first kappa shape index (κ1) is 11.1. The van der Waals surface area contributed by atoms with Crippen molar-refractivity contribution in [3.05, 3.63) is 12.2 Å². The van der Waals surface area contributed by atoms with Crippen molar-refractivity contribution < 1.29 is 8.42 Å². The van der Waals surface area contributed by atoms with Crippen molar-refractivity contribution in [1.29, 1.82) is 0 Å². The molecule has 80 valence electrons. The highest BCUT2D eigenvalue weighted by molar-refractivity contribution is 7.91. The minimum atomic E-state index is -2.95. The van der Waals surface area contributed by atoms with E-state index in [4.69, 9.17) is 5.73 Å². The molecule has 0 unspecified atom stereocenters. The van der Waals surface area contributed by atoms with Crippen molar-refractivity contribution in [3.8, 4) is 0 Å². The highest BCUT2D eigenvalue weighted by atomic mass is 32.2. The Morgan fingerprint density at radius 1 is 1.57 bits per heavy atom. The van der Waals surface area contributed by atoms with Gasteiger partial charge in [-0.3, -0.25) is 0 Å². The number of hydrogen-bond acceptors (Lipinski definition) is 5. The third kappa shape index (κ3) is 2.78. The molecule has 0 bridgehead atoms. The van der Waals surface area contributed by atoms with Gasteiger partial charge in [-0.1, -0.05) is 6.92 Å². The van der Waals surface area contributed by atoms with E-state index < -0.39 is 9.84 Å². The number of aromatic nitrogens is 3. The monoisotopic (exact) mass is 218 g/mol. The zero-order chi connectivity index (χ0) is 10.6. The molecule has 0 saturated heterocycles. The van der Waals surface area contributed by atoms with Crippen molar-refractivity contribution in [1.82, 2.24) is 14.8 Å². The summed E-state index contributed by atoms with van der Waals surface area (Å²) >= 11 is 0. The Bertz CT molecular complexity index is 384. The maximum Gasteiger partial charge on any atom is 0.151 e. The summed E-state index contributed by atoms with van der Waals surface area (Å²) in [6.07, 6.45) is 1.38. The van der Waals surface area contributed by atoms with Gasteiger partial charge in [0.1, 0.15) is 12.2 Å². The second-order valence-electron chi connectivity index (χ2n) is 2.84. The van der Waals surface area contributed by atoms with Gasteiger partial charge in [-0.25, -0.2) is 18.1 Å². The van der Waals surface area contributed by atoms with Gasteiger partial charge in [0.15, 0.2) is 9.84 Å². The highest BCUT2D eigenvalue weighted by Gasteiger charge is 2.09. The topological polar surface area (TPSA) is 90.9 Å². The lowest BCUT2D eigenvalue weighted by molar-refractivity contribution is 0.573. The van der Waals surface area contributed by atoms with E-state index in [1.54, 1.807) is 6.92 Å². The Hall–Kier alpha value is -0.950. The van der Waals surface area contributed by atoms with Crippen LogP contribution in [-0.2, 0) is 22.9 Å². The van der Waals surface area contributed by atoms with Crippen molar-refractivity contribution in [2.75, 3.05) is 11.5 Å². The van der Waals surface area contributed by atoms with Crippen LogP contribution in [0.2, 0.25) is 0 Å². The molecule has 0 saturated carbocycles. The van der Waals surface area contributed by atoms with E-state index in [1.807, 2.05) is 0 Å². The van der Waals surface area contributed by atoms with E-state index in [1.165, 1.54) is 11.0 Å². The Labute approximate surface area is 83.0 Å². The van der Waals surface area contributed by atoms with E-state index in [0.29, 0.717) is 12.4 Å². The van der Waals surface area contributed by atoms with Crippen molar-refractivity contribution >= 4 is 9.84 Å². The van der Waals surface area contributed by atoms with Crippen LogP contribution >= 0.6 is 0 Å². The standard InChI is InChI=1S/C7H14N4O2S/c1-2-14(12,13)4-3-11-7(5-8)9-6-10-11/h6H,2-5,8H2,1H3. The second kappa shape index (κ2) is 4.52. The quantitative estimate of drug-likeness (QED) is 0.696. The van der Waals surface area contributed by atoms with Gasteiger partial charge in [0.05, 0.1) is 18.8 Å². The molecule has 1 rings (SSSR count). The summed E-state index contributed by atoms with van der Waals surface area (Å²) in [5, 5.41) is 3.89. The van der Waals surface area contributed by atoms with E-state index >= 15 is 0 Å². The lowest BCUT2D eigenvalue weighted by Gasteiger charge is -2.03. The third-order valence-corrected chi connectivity index (χ3v) is 3.62. The Morgan fingerprint density at radius 2 is 2.29 bits per heavy atom. The van der Waals surface area contributed by atoms with Crippen LogP contribution in [0.25, 0.3) is 0 Å². The first-order valence-electron chi connectivity index (χ1n) is 4.36. The molecule has 2 N–H and O–H groups in total. The molecule has 1 aromatic heterocycles. The van der Waals surface area contributed by atoms with Crippen LogP contribution in [0.5, 0.6) is 0 Å². The minimum Gasteiger partial charge on any atom is -0.324 e. The van der Waals surface area contributed by atoms with Crippen LogP contribution in [0.3, 0.4) is 0 Å². The van der Waals surface area contributed by atoms with Gasteiger partial charge in [0.25, 0.3) is 0 Å². The van der Waals surface area contributed by atoms with Crippen LogP contribution in [-0.4, -0.2) is 34.7 Å². The average Bonchev–Trinajstić information content (AvgIpc) is 2.62. The molecule has 0 radical (unpaired) electrons. The van der Waals surface area contributed by atoms with E-state index in [-0.39, 0.29) is 18.1 Å². The van der Waals surface area contributed by atoms with Crippen LogP contribution in [0, 0.1) is 0 Å². The van der Waals surface area contributed by atoms with Crippen molar-refractivity contribution in [2.24, 2.45) is 5.73 Å². The number of nitrogens with zero attached hydrogens (tertiary/aromatic N) is 3. The van der Waals surface area contributed by atoms with Gasteiger partial charge < -0.3 is 5.73 Å². The molecule has 0 aliphatic heterocycles. The van der Waals surface area contributed by atoms with Crippen molar-refractivity contribution in [3.63, 3.8) is 0 Å².